The van der Waals surface area contributed by atoms with E-state index in [-0.39, 0.29) is 12.5 Å². The Morgan fingerprint density at radius 3 is 2.67 bits per heavy atom. The summed E-state index contributed by atoms with van der Waals surface area (Å²) < 4.78 is 11.3. The molecular weight excluding hydrogens is 344 g/mol. The van der Waals surface area contributed by atoms with Crippen molar-refractivity contribution < 1.29 is 14.3 Å². The van der Waals surface area contributed by atoms with Crippen LogP contribution in [-0.2, 0) is 4.79 Å². The minimum Gasteiger partial charge on any atom is -0.485 e. The van der Waals surface area contributed by atoms with Crippen molar-refractivity contribution in [2.24, 2.45) is 5.92 Å². The van der Waals surface area contributed by atoms with Gasteiger partial charge in [-0.15, -0.1) is 5.10 Å². The molecule has 2 aliphatic heterocycles. The molecule has 1 atom stereocenters. The SMILES string of the molecule is O=C(NCC1CN(c2ccc(C3CC3)nn2)C1)C1COc2ccccc2O1. The van der Waals surface area contributed by atoms with Crippen LogP contribution in [-0.4, -0.2) is 48.4 Å². The number of ether oxygens (including phenoxy) is 2. The van der Waals surface area contributed by atoms with E-state index in [4.69, 9.17) is 9.47 Å². The van der Waals surface area contributed by atoms with E-state index in [9.17, 15) is 4.79 Å². The van der Waals surface area contributed by atoms with Crippen LogP contribution in [0.3, 0.4) is 0 Å². The quantitative estimate of drug-likeness (QED) is 0.869. The van der Waals surface area contributed by atoms with Crippen LogP contribution in [0.25, 0.3) is 0 Å². The van der Waals surface area contributed by atoms with E-state index >= 15 is 0 Å². The number of rotatable bonds is 5. The topological polar surface area (TPSA) is 76.6 Å². The Morgan fingerprint density at radius 2 is 1.93 bits per heavy atom. The summed E-state index contributed by atoms with van der Waals surface area (Å²) in [6, 6.07) is 11.5. The highest BCUT2D eigenvalue weighted by atomic mass is 16.6. The van der Waals surface area contributed by atoms with Crippen molar-refractivity contribution >= 4 is 11.7 Å². The highest BCUT2D eigenvalue weighted by Gasteiger charge is 2.32. The Morgan fingerprint density at radius 1 is 1.11 bits per heavy atom. The molecule has 1 amide bonds. The zero-order valence-corrected chi connectivity index (χ0v) is 15.0. The van der Waals surface area contributed by atoms with Gasteiger partial charge < -0.3 is 19.7 Å². The van der Waals surface area contributed by atoms with E-state index in [0.29, 0.717) is 29.9 Å². The van der Waals surface area contributed by atoms with Crippen LogP contribution in [0, 0.1) is 5.92 Å². The fraction of sp³-hybridized carbons (Fsp3) is 0.450. The maximum atomic E-state index is 12.4. The summed E-state index contributed by atoms with van der Waals surface area (Å²) in [5, 5.41) is 11.7. The van der Waals surface area contributed by atoms with Crippen LogP contribution < -0.4 is 19.7 Å². The first-order chi connectivity index (χ1) is 13.3. The fourth-order valence-electron chi connectivity index (χ4n) is 3.49. The van der Waals surface area contributed by atoms with Crippen molar-refractivity contribution in [1.82, 2.24) is 15.5 Å². The van der Waals surface area contributed by atoms with Crippen molar-refractivity contribution in [3.05, 3.63) is 42.1 Å². The summed E-state index contributed by atoms with van der Waals surface area (Å²) in [6.45, 7) is 2.62. The van der Waals surface area contributed by atoms with Crippen molar-refractivity contribution in [2.45, 2.75) is 24.9 Å². The van der Waals surface area contributed by atoms with Gasteiger partial charge in [-0.1, -0.05) is 12.1 Å². The van der Waals surface area contributed by atoms with Crippen LogP contribution in [0.15, 0.2) is 36.4 Å². The lowest BCUT2D eigenvalue weighted by Gasteiger charge is -2.40. The molecule has 1 saturated heterocycles. The third-order valence-electron chi connectivity index (χ3n) is 5.31. The molecule has 1 saturated carbocycles. The maximum absolute atomic E-state index is 12.4. The van der Waals surface area contributed by atoms with Gasteiger partial charge in [0.2, 0.25) is 6.10 Å². The summed E-state index contributed by atoms with van der Waals surface area (Å²) in [6.07, 6.45) is 1.87. The highest BCUT2D eigenvalue weighted by Crippen LogP contribution is 2.39. The lowest BCUT2D eigenvalue weighted by atomic mass is 10.00. The van der Waals surface area contributed by atoms with Gasteiger partial charge in [-0.25, -0.2) is 0 Å². The molecule has 0 radical (unpaired) electrons. The van der Waals surface area contributed by atoms with Gasteiger partial charge in [0.25, 0.3) is 5.91 Å². The van der Waals surface area contributed by atoms with Crippen molar-refractivity contribution in [2.75, 3.05) is 31.1 Å². The molecule has 140 valence electrons. The number of amides is 1. The van der Waals surface area contributed by atoms with Crippen molar-refractivity contribution in [3.8, 4) is 11.5 Å². The second-order valence-corrected chi connectivity index (χ2v) is 7.47. The number of hydrogen-bond donors (Lipinski definition) is 1. The van der Waals surface area contributed by atoms with E-state index in [2.05, 4.69) is 32.5 Å². The average molecular weight is 366 g/mol. The van der Waals surface area contributed by atoms with Gasteiger partial charge in [-0.05, 0) is 37.1 Å². The van der Waals surface area contributed by atoms with Crippen LogP contribution in [0.5, 0.6) is 11.5 Å². The lowest BCUT2D eigenvalue weighted by Crippen LogP contribution is -2.54. The second kappa shape index (κ2) is 6.72. The molecule has 1 N–H and O–H groups in total. The number of fused-ring (bicyclic) bond motifs is 1. The van der Waals surface area contributed by atoms with Gasteiger partial charge in [-0.3, -0.25) is 4.79 Å². The number of aromatic nitrogens is 2. The van der Waals surface area contributed by atoms with Gasteiger partial charge in [0.05, 0.1) is 5.69 Å². The molecule has 2 aromatic rings. The lowest BCUT2D eigenvalue weighted by molar-refractivity contribution is -0.130. The number of carbonyl (C=O) groups is 1. The van der Waals surface area contributed by atoms with Crippen molar-refractivity contribution in [3.63, 3.8) is 0 Å². The maximum Gasteiger partial charge on any atom is 0.264 e. The fourth-order valence-corrected chi connectivity index (χ4v) is 3.49. The van der Waals surface area contributed by atoms with E-state index in [1.807, 2.05) is 24.3 Å². The molecule has 2 fully saturated rings. The van der Waals surface area contributed by atoms with Gasteiger partial charge in [0.1, 0.15) is 6.61 Å². The molecule has 27 heavy (non-hydrogen) atoms. The first-order valence-corrected chi connectivity index (χ1v) is 9.51. The summed E-state index contributed by atoms with van der Waals surface area (Å²) >= 11 is 0. The summed E-state index contributed by atoms with van der Waals surface area (Å²) in [5.41, 5.74) is 1.11. The van der Waals surface area contributed by atoms with Gasteiger partial charge >= 0.3 is 0 Å². The summed E-state index contributed by atoms with van der Waals surface area (Å²) in [7, 11) is 0. The molecule has 1 aliphatic carbocycles. The predicted molar refractivity (Wildman–Crippen MR) is 99.1 cm³/mol. The Balaban J connectivity index is 1.08. The summed E-state index contributed by atoms with van der Waals surface area (Å²) in [5.74, 6) is 3.13. The average Bonchev–Trinajstić information content (AvgIpc) is 3.52. The molecule has 0 spiro atoms. The Hall–Kier alpha value is -2.83. The minimum atomic E-state index is -0.600. The molecular formula is C20H22N4O3. The van der Waals surface area contributed by atoms with Crippen molar-refractivity contribution in [1.29, 1.82) is 0 Å². The largest absolute Gasteiger partial charge is 0.485 e. The third kappa shape index (κ3) is 3.41. The van der Waals surface area contributed by atoms with E-state index in [0.717, 1.165) is 24.6 Å². The highest BCUT2D eigenvalue weighted by molar-refractivity contribution is 5.81. The summed E-state index contributed by atoms with van der Waals surface area (Å²) in [4.78, 5) is 14.6. The minimum absolute atomic E-state index is 0.128. The molecule has 1 unspecified atom stereocenters. The molecule has 5 rings (SSSR count). The predicted octanol–water partition coefficient (Wildman–Crippen LogP) is 1.75. The third-order valence-corrected chi connectivity index (χ3v) is 5.31. The van der Waals surface area contributed by atoms with E-state index in [1.165, 1.54) is 12.8 Å². The van der Waals surface area contributed by atoms with Gasteiger partial charge in [-0.2, -0.15) is 5.10 Å². The first kappa shape index (κ1) is 16.4. The number of nitrogens with zero attached hydrogens (tertiary/aromatic N) is 3. The molecule has 0 bridgehead atoms. The smallest absolute Gasteiger partial charge is 0.264 e. The molecule has 7 heteroatoms. The molecule has 1 aromatic carbocycles. The standard InChI is InChI=1S/C20H22N4O3/c25-20(18-12-26-16-3-1-2-4-17(16)27-18)21-9-13-10-24(11-13)19-8-7-15(22-23-19)14-5-6-14/h1-4,7-8,13-14,18H,5-6,9-12H2,(H,21,25). The van der Waals surface area contributed by atoms with Crippen LogP contribution in [0.1, 0.15) is 24.5 Å². The zero-order valence-electron chi connectivity index (χ0n) is 15.0. The Kier molecular flexibility index (Phi) is 4.07. The molecule has 1 aromatic heterocycles. The normalized spacial score (nSPS) is 21.5. The monoisotopic (exact) mass is 366 g/mol. The number of hydrogen-bond acceptors (Lipinski definition) is 6. The van der Waals surface area contributed by atoms with Gasteiger partial charge in [0.15, 0.2) is 17.3 Å². The van der Waals surface area contributed by atoms with Gasteiger partial charge in [0, 0.05) is 31.5 Å². The van der Waals surface area contributed by atoms with E-state index in [1.54, 1.807) is 0 Å². The Bertz CT molecular complexity index is 831. The number of carbonyl (C=O) groups excluding carboxylic acids is 1. The van der Waals surface area contributed by atoms with Crippen LogP contribution in [0.2, 0.25) is 0 Å². The Labute approximate surface area is 157 Å². The molecule has 3 aliphatic rings. The zero-order chi connectivity index (χ0) is 18.2. The molecule has 3 heterocycles. The van der Waals surface area contributed by atoms with Crippen LogP contribution in [0.4, 0.5) is 5.82 Å². The number of benzene rings is 1. The van der Waals surface area contributed by atoms with E-state index < -0.39 is 6.10 Å². The van der Waals surface area contributed by atoms with Crippen LogP contribution >= 0.6 is 0 Å². The number of nitrogens with one attached hydrogen (secondary N) is 1. The first-order valence-electron chi connectivity index (χ1n) is 9.51. The second-order valence-electron chi connectivity index (χ2n) is 7.47. The number of anilines is 1. The number of para-hydroxylation sites is 2. The molecule has 7 nitrogen and oxygen atoms in total.